The fourth-order valence-corrected chi connectivity index (χ4v) is 4.12. The van der Waals surface area contributed by atoms with E-state index in [0.29, 0.717) is 18.4 Å². The summed E-state index contributed by atoms with van der Waals surface area (Å²) in [4.78, 5) is 18.5. The fraction of sp³-hybridized carbons (Fsp3) is 0.765. The number of rotatable bonds is 6. The van der Waals surface area contributed by atoms with E-state index < -0.39 is 0 Å². The number of carbonyl (C=O) groups excluding carboxylic acids is 1. The first kappa shape index (κ1) is 16.9. The van der Waals surface area contributed by atoms with Gasteiger partial charge in [-0.15, -0.1) is 11.3 Å². The van der Waals surface area contributed by atoms with Crippen LogP contribution >= 0.6 is 11.3 Å². The van der Waals surface area contributed by atoms with Crippen LogP contribution in [0.5, 0.6) is 0 Å². The van der Waals surface area contributed by atoms with Crippen molar-refractivity contribution >= 4 is 17.2 Å². The van der Waals surface area contributed by atoms with Crippen LogP contribution < -0.4 is 0 Å². The van der Waals surface area contributed by atoms with E-state index in [0.717, 1.165) is 43.4 Å². The van der Waals surface area contributed by atoms with Gasteiger partial charge in [-0.3, -0.25) is 4.79 Å². The highest BCUT2D eigenvalue weighted by Crippen LogP contribution is 2.36. The molecular weight excluding hydrogens is 312 g/mol. The lowest BCUT2D eigenvalue weighted by Crippen LogP contribution is -2.34. The number of aromatic nitrogens is 1. The number of fused-ring (bicyclic) bond motifs is 1. The van der Waals surface area contributed by atoms with E-state index >= 15 is 0 Å². The Balaban J connectivity index is 1.42. The van der Waals surface area contributed by atoms with Crippen LogP contribution in [0, 0.1) is 24.7 Å². The summed E-state index contributed by atoms with van der Waals surface area (Å²) >= 11 is 1.66. The highest BCUT2D eigenvalue weighted by atomic mass is 32.1. The van der Waals surface area contributed by atoms with Gasteiger partial charge in [0.2, 0.25) is 5.91 Å². The van der Waals surface area contributed by atoms with E-state index in [1.54, 1.807) is 11.3 Å². The van der Waals surface area contributed by atoms with E-state index in [1.807, 2.05) is 25.7 Å². The van der Waals surface area contributed by atoms with Crippen molar-refractivity contribution in [3.63, 3.8) is 0 Å². The Hall–Kier alpha value is -0.980. The Morgan fingerprint density at radius 3 is 3.04 bits per heavy atom. The van der Waals surface area contributed by atoms with Crippen molar-refractivity contribution in [2.45, 2.75) is 39.9 Å². The van der Waals surface area contributed by atoms with E-state index in [-0.39, 0.29) is 17.9 Å². The molecule has 3 heterocycles. The molecule has 2 aliphatic rings. The van der Waals surface area contributed by atoms with Gasteiger partial charge >= 0.3 is 0 Å². The summed E-state index contributed by atoms with van der Waals surface area (Å²) in [6.07, 6.45) is 1.22. The molecule has 128 valence electrons. The second-order valence-electron chi connectivity index (χ2n) is 6.89. The van der Waals surface area contributed by atoms with Gasteiger partial charge in [-0.2, -0.15) is 0 Å². The molecule has 3 atom stereocenters. The largest absolute Gasteiger partial charge is 0.376 e. The maximum absolute atomic E-state index is 12.1. The topological polar surface area (TPSA) is 51.7 Å². The number of carbonyl (C=O) groups is 1. The van der Waals surface area contributed by atoms with Crippen molar-refractivity contribution in [1.82, 2.24) is 9.88 Å². The van der Waals surface area contributed by atoms with E-state index in [4.69, 9.17) is 9.47 Å². The zero-order valence-corrected chi connectivity index (χ0v) is 15.0. The second kappa shape index (κ2) is 7.28. The highest BCUT2D eigenvalue weighted by Gasteiger charge is 2.45. The van der Waals surface area contributed by atoms with Crippen LogP contribution in [0.2, 0.25) is 0 Å². The lowest BCUT2D eigenvalue weighted by atomic mass is 9.91. The Labute approximate surface area is 142 Å². The van der Waals surface area contributed by atoms with Crippen molar-refractivity contribution in [3.8, 4) is 0 Å². The van der Waals surface area contributed by atoms with Crippen LogP contribution in [0.4, 0.5) is 0 Å². The Bertz CT molecular complexity index is 546. The summed E-state index contributed by atoms with van der Waals surface area (Å²) in [5.74, 6) is 1.29. The van der Waals surface area contributed by atoms with E-state index in [2.05, 4.69) is 10.4 Å². The first-order valence-corrected chi connectivity index (χ1v) is 9.31. The van der Waals surface area contributed by atoms with Crippen LogP contribution in [0.3, 0.4) is 0 Å². The predicted molar refractivity (Wildman–Crippen MR) is 89.3 cm³/mol. The zero-order valence-electron chi connectivity index (χ0n) is 14.2. The van der Waals surface area contributed by atoms with Crippen molar-refractivity contribution in [1.29, 1.82) is 0 Å². The summed E-state index contributed by atoms with van der Waals surface area (Å²) < 4.78 is 11.7. The van der Waals surface area contributed by atoms with Crippen LogP contribution in [0.25, 0.3) is 0 Å². The maximum Gasteiger partial charge on any atom is 0.225 e. The normalized spacial score (nSPS) is 27.0. The lowest BCUT2D eigenvalue weighted by molar-refractivity contribution is -0.134. The number of likely N-dealkylation sites (tertiary alicyclic amines) is 1. The Kier molecular flexibility index (Phi) is 5.34. The molecule has 2 aliphatic heterocycles. The maximum atomic E-state index is 12.1. The average molecular weight is 338 g/mol. The van der Waals surface area contributed by atoms with Gasteiger partial charge in [-0.25, -0.2) is 4.98 Å². The monoisotopic (exact) mass is 338 g/mol. The molecular formula is C17H26N2O3S. The van der Waals surface area contributed by atoms with Gasteiger partial charge in [-0.1, -0.05) is 13.8 Å². The average Bonchev–Trinajstić information content (AvgIpc) is 3.19. The summed E-state index contributed by atoms with van der Waals surface area (Å²) in [5.41, 5.74) is 1.02. The van der Waals surface area contributed by atoms with Crippen LogP contribution in [-0.2, 0) is 20.9 Å². The Morgan fingerprint density at radius 1 is 1.52 bits per heavy atom. The van der Waals surface area contributed by atoms with Crippen LogP contribution in [0.1, 0.15) is 31.0 Å². The molecule has 3 rings (SSSR count). The molecule has 0 spiro atoms. The van der Waals surface area contributed by atoms with Gasteiger partial charge in [0.25, 0.3) is 0 Å². The molecule has 1 aromatic rings. The fourth-order valence-electron chi connectivity index (χ4n) is 3.53. The highest BCUT2D eigenvalue weighted by molar-refractivity contribution is 7.09. The van der Waals surface area contributed by atoms with E-state index in [9.17, 15) is 4.79 Å². The SMILES string of the molecule is Cc1nc(COCC[C@H]2CO[C@H]3CN(C(=O)C(C)C)C[C@@H]23)cs1. The number of thiazole rings is 1. The summed E-state index contributed by atoms with van der Waals surface area (Å²) in [7, 11) is 0. The molecule has 23 heavy (non-hydrogen) atoms. The van der Waals surface area contributed by atoms with Crippen molar-refractivity contribution in [2.24, 2.45) is 17.8 Å². The molecule has 5 nitrogen and oxygen atoms in total. The van der Waals surface area contributed by atoms with Gasteiger partial charge in [0.05, 0.1) is 30.0 Å². The van der Waals surface area contributed by atoms with Crippen LogP contribution in [-0.4, -0.2) is 48.2 Å². The van der Waals surface area contributed by atoms with E-state index in [1.165, 1.54) is 0 Å². The summed E-state index contributed by atoms with van der Waals surface area (Å²) in [6, 6.07) is 0. The molecule has 0 aromatic carbocycles. The Morgan fingerprint density at radius 2 is 2.35 bits per heavy atom. The molecule has 0 saturated carbocycles. The van der Waals surface area contributed by atoms with Crippen molar-refractivity contribution < 1.29 is 14.3 Å². The zero-order chi connectivity index (χ0) is 16.4. The first-order valence-electron chi connectivity index (χ1n) is 8.43. The third-order valence-electron chi connectivity index (χ3n) is 4.79. The summed E-state index contributed by atoms with van der Waals surface area (Å²) in [6.45, 7) is 9.66. The van der Waals surface area contributed by atoms with Crippen molar-refractivity contribution in [3.05, 3.63) is 16.1 Å². The summed E-state index contributed by atoms with van der Waals surface area (Å²) in [5, 5.41) is 3.13. The predicted octanol–water partition coefficient (Wildman–Crippen LogP) is 2.49. The number of nitrogens with zero attached hydrogens (tertiary/aromatic N) is 2. The molecule has 2 fully saturated rings. The molecule has 2 saturated heterocycles. The standard InChI is InChI=1S/C17H26N2O3S/c1-11(2)17(20)19-6-15-13(8-22-16(15)7-19)4-5-21-9-14-10-23-12(3)18-14/h10-11,13,15-16H,4-9H2,1-3H3/t13-,15-,16-/m0/s1. The third kappa shape index (κ3) is 3.92. The minimum atomic E-state index is 0.0668. The molecule has 0 aliphatic carbocycles. The number of aryl methyl sites for hydroxylation is 1. The molecule has 1 aromatic heterocycles. The van der Waals surface area contributed by atoms with Crippen molar-refractivity contribution in [2.75, 3.05) is 26.3 Å². The minimum Gasteiger partial charge on any atom is -0.376 e. The molecule has 1 amide bonds. The van der Waals surface area contributed by atoms with Gasteiger partial charge in [0.1, 0.15) is 0 Å². The van der Waals surface area contributed by atoms with Crippen LogP contribution in [0.15, 0.2) is 5.38 Å². The molecule has 0 bridgehead atoms. The van der Waals surface area contributed by atoms with Gasteiger partial charge < -0.3 is 14.4 Å². The third-order valence-corrected chi connectivity index (χ3v) is 5.62. The van der Waals surface area contributed by atoms with Gasteiger partial charge in [-0.05, 0) is 19.3 Å². The number of amides is 1. The number of hydrogen-bond donors (Lipinski definition) is 0. The molecule has 0 radical (unpaired) electrons. The number of hydrogen-bond acceptors (Lipinski definition) is 5. The van der Waals surface area contributed by atoms with Gasteiger partial charge in [0, 0.05) is 36.9 Å². The lowest BCUT2D eigenvalue weighted by Gasteiger charge is -2.21. The molecule has 6 heteroatoms. The molecule has 0 unspecified atom stereocenters. The first-order chi connectivity index (χ1) is 11.0. The molecule has 0 N–H and O–H groups in total. The van der Waals surface area contributed by atoms with Gasteiger partial charge in [0.15, 0.2) is 0 Å². The number of ether oxygens (including phenoxy) is 2. The quantitative estimate of drug-likeness (QED) is 0.748. The smallest absolute Gasteiger partial charge is 0.225 e. The second-order valence-corrected chi connectivity index (χ2v) is 7.95. The minimum absolute atomic E-state index is 0.0668.